The Hall–Kier alpha value is -1.84. The molecule has 1 saturated carbocycles. The van der Waals surface area contributed by atoms with E-state index in [4.69, 9.17) is 5.11 Å². The predicted molar refractivity (Wildman–Crippen MR) is 65.3 cm³/mol. The Morgan fingerprint density at radius 2 is 1.61 bits per heavy atom. The van der Waals surface area contributed by atoms with Gasteiger partial charge >= 0.3 is 11.9 Å². The highest BCUT2D eigenvalue weighted by atomic mass is 16.4. The quantitative estimate of drug-likeness (QED) is 0.860. The number of carbonyl (C=O) groups is 2. The van der Waals surface area contributed by atoms with Gasteiger partial charge in [-0.1, -0.05) is 30.3 Å². The van der Waals surface area contributed by atoms with Crippen LogP contribution in [0.1, 0.15) is 31.2 Å². The molecule has 0 atom stereocenters. The third-order valence-electron chi connectivity index (χ3n) is 3.92. The van der Waals surface area contributed by atoms with Crippen molar-refractivity contribution in [1.82, 2.24) is 0 Å². The van der Waals surface area contributed by atoms with Crippen molar-refractivity contribution in [3.05, 3.63) is 35.9 Å². The molecule has 0 saturated heterocycles. The molecule has 0 amide bonds. The van der Waals surface area contributed by atoms with E-state index in [1.54, 1.807) is 0 Å². The largest absolute Gasteiger partial charge is 0.481 e. The van der Waals surface area contributed by atoms with Crippen LogP contribution in [0.25, 0.3) is 0 Å². The van der Waals surface area contributed by atoms with E-state index in [1.807, 2.05) is 30.3 Å². The third kappa shape index (κ3) is 2.10. The van der Waals surface area contributed by atoms with Crippen molar-refractivity contribution in [2.45, 2.75) is 31.1 Å². The molecule has 2 N–H and O–H groups in total. The molecule has 0 spiro atoms. The molecular formula is C14H16O4. The number of carboxylic acids is 2. The molecule has 1 aliphatic carbocycles. The Kier molecular flexibility index (Phi) is 3.36. The summed E-state index contributed by atoms with van der Waals surface area (Å²) in [6, 6.07) is 9.12. The van der Waals surface area contributed by atoms with Gasteiger partial charge in [-0.2, -0.15) is 0 Å². The molecule has 0 aliphatic heterocycles. The fourth-order valence-electron chi connectivity index (χ4n) is 2.74. The molecule has 1 fully saturated rings. The van der Waals surface area contributed by atoms with E-state index in [-0.39, 0.29) is 0 Å². The van der Waals surface area contributed by atoms with Crippen LogP contribution in [-0.4, -0.2) is 22.2 Å². The van der Waals surface area contributed by atoms with Crippen LogP contribution in [0.3, 0.4) is 0 Å². The van der Waals surface area contributed by atoms with Gasteiger partial charge in [0.25, 0.3) is 0 Å². The summed E-state index contributed by atoms with van der Waals surface area (Å²) < 4.78 is 0. The van der Waals surface area contributed by atoms with Crippen molar-refractivity contribution in [2.24, 2.45) is 5.92 Å². The summed E-state index contributed by atoms with van der Waals surface area (Å²) in [5.74, 6) is -2.07. The zero-order valence-corrected chi connectivity index (χ0v) is 10.0. The molecule has 1 aromatic carbocycles. The first-order valence-electron chi connectivity index (χ1n) is 6.08. The summed E-state index contributed by atoms with van der Waals surface area (Å²) in [5.41, 5.74) is -0.130. The maximum atomic E-state index is 11.6. The molecule has 4 heteroatoms. The first-order valence-corrected chi connectivity index (χ1v) is 6.08. The van der Waals surface area contributed by atoms with Gasteiger partial charge in [0.05, 0.1) is 11.3 Å². The lowest BCUT2D eigenvalue weighted by atomic mass is 9.66. The number of benzene rings is 1. The van der Waals surface area contributed by atoms with Crippen molar-refractivity contribution in [3.8, 4) is 0 Å². The molecule has 1 aliphatic rings. The smallest absolute Gasteiger partial charge is 0.314 e. The molecule has 96 valence electrons. The van der Waals surface area contributed by atoms with Crippen LogP contribution >= 0.6 is 0 Å². The Morgan fingerprint density at radius 3 is 2.06 bits per heavy atom. The van der Waals surface area contributed by atoms with Crippen LogP contribution in [0.5, 0.6) is 0 Å². The molecule has 1 aromatic rings. The summed E-state index contributed by atoms with van der Waals surface area (Å²) in [6.45, 7) is 0. The highest BCUT2D eigenvalue weighted by Gasteiger charge is 2.44. The fourth-order valence-corrected chi connectivity index (χ4v) is 2.74. The second-order valence-electron chi connectivity index (χ2n) is 4.87. The molecule has 2 rings (SSSR count). The van der Waals surface area contributed by atoms with E-state index in [0.717, 1.165) is 5.56 Å². The summed E-state index contributed by atoms with van der Waals surface area (Å²) >= 11 is 0. The summed E-state index contributed by atoms with van der Waals surface area (Å²) in [6.07, 6.45) is 1.64. The summed E-state index contributed by atoms with van der Waals surface area (Å²) in [5, 5.41) is 18.5. The fraction of sp³-hybridized carbons (Fsp3) is 0.429. The molecule has 0 aromatic heterocycles. The predicted octanol–water partition coefficient (Wildman–Crippen LogP) is 2.28. The van der Waals surface area contributed by atoms with E-state index >= 15 is 0 Å². The third-order valence-corrected chi connectivity index (χ3v) is 3.92. The maximum absolute atomic E-state index is 11.6. The van der Waals surface area contributed by atoms with Crippen molar-refractivity contribution in [2.75, 3.05) is 0 Å². The molecule has 0 unspecified atom stereocenters. The molecule has 18 heavy (non-hydrogen) atoms. The molecule has 0 radical (unpaired) electrons. The van der Waals surface area contributed by atoms with E-state index < -0.39 is 23.3 Å². The number of aliphatic carboxylic acids is 2. The molecule has 0 heterocycles. The van der Waals surface area contributed by atoms with Crippen LogP contribution < -0.4 is 0 Å². The lowest BCUT2D eigenvalue weighted by molar-refractivity contribution is -0.150. The number of hydrogen-bond donors (Lipinski definition) is 2. The second kappa shape index (κ2) is 4.80. The Bertz CT molecular complexity index is 444. The van der Waals surface area contributed by atoms with Crippen molar-refractivity contribution >= 4 is 11.9 Å². The molecule has 4 nitrogen and oxygen atoms in total. The van der Waals surface area contributed by atoms with E-state index in [2.05, 4.69) is 0 Å². The average molecular weight is 248 g/mol. The van der Waals surface area contributed by atoms with Gasteiger partial charge in [0, 0.05) is 0 Å². The van der Waals surface area contributed by atoms with Gasteiger partial charge in [-0.3, -0.25) is 9.59 Å². The monoisotopic (exact) mass is 248 g/mol. The van der Waals surface area contributed by atoms with Crippen LogP contribution in [0.15, 0.2) is 30.3 Å². The highest BCUT2D eigenvalue weighted by Crippen LogP contribution is 2.41. The van der Waals surface area contributed by atoms with Crippen LogP contribution in [0.2, 0.25) is 0 Å². The van der Waals surface area contributed by atoms with Gasteiger partial charge in [0.15, 0.2) is 0 Å². The average Bonchev–Trinajstić information content (AvgIpc) is 2.39. The van der Waals surface area contributed by atoms with Gasteiger partial charge in [-0.15, -0.1) is 0 Å². The van der Waals surface area contributed by atoms with E-state index in [0.29, 0.717) is 25.7 Å². The SMILES string of the molecule is O=C(O)C1CCC(C(=O)O)(c2ccccc2)CC1. The zero-order valence-electron chi connectivity index (χ0n) is 10.0. The topological polar surface area (TPSA) is 74.6 Å². The second-order valence-corrected chi connectivity index (χ2v) is 4.87. The standard InChI is InChI=1S/C14H16O4/c15-12(16)10-6-8-14(9-7-10,13(17)18)11-4-2-1-3-5-11/h1-5,10H,6-9H2,(H,15,16)(H,17,18). The minimum Gasteiger partial charge on any atom is -0.481 e. The zero-order chi connectivity index (χ0) is 13.2. The van der Waals surface area contributed by atoms with Gasteiger partial charge < -0.3 is 10.2 Å². The molecule has 0 bridgehead atoms. The van der Waals surface area contributed by atoms with Crippen LogP contribution in [0.4, 0.5) is 0 Å². The number of rotatable bonds is 3. The van der Waals surface area contributed by atoms with Crippen LogP contribution in [0, 0.1) is 5.92 Å². The van der Waals surface area contributed by atoms with Crippen molar-refractivity contribution in [3.63, 3.8) is 0 Å². The van der Waals surface area contributed by atoms with E-state index in [9.17, 15) is 14.7 Å². The summed E-state index contributed by atoms with van der Waals surface area (Å²) in [7, 11) is 0. The lowest BCUT2D eigenvalue weighted by Crippen LogP contribution is -2.40. The maximum Gasteiger partial charge on any atom is 0.314 e. The van der Waals surface area contributed by atoms with Gasteiger partial charge in [-0.25, -0.2) is 0 Å². The van der Waals surface area contributed by atoms with E-state index in [1.165, 1.54) is 0 Å². The van der Waals surface area contributed by atoms with Crippen molar-refractivity contribution in [1.29, 1.82) is 0 Å². The first-order chi connectivity index (χ1) is 8.56. The lowest BCUT2D eigenvalue weighted by Gasteiger charge is -2.36. The van der Waals surface area contributed by atoms with Gasteiger partial charge in [-0.05, 0) is 31.2 Å². The van der Waals surface area contributed by atoms with Gasteiger partial charge in [0.2, 0.25) is 0 Å². The number of hydrogen-bond acceptors (Lipinski definition) is 2. The summed E-state index contributed by atoms with van der Waals surface area (Å²) in [4.78, 5) is 22.5. The Morgan fingerprint density at radius 1 is 1.06 bits per heavy atom. The first kappa shape index (κ1) is 12.6. The normalized spacial score (nSPS) is 27.7. The minimum absolute atomic E-state index is 0.392. The van der Waals surface area contributed by atoms with Crippen LogP contribution in [-0.2, 0) is 15.0 Å². The van der Waals surface area contributed by atoms with Crippen molar-refractivity contribution < 1.29 is 19.8 Å². The Balaban J connectivity index is 2.27. The minimum atomic E-state index is -0.910. The highest BCUT2D eigenvalue weighted by molar-refractivity contribution is 5.82. The number of carboxylic acid groups (broad SMARTS) is 2. The van der Waals surface area contributed by atoms with Gasteiger partial charge in [0.1, 0.15) is 0 Å². The Labute approximate surface area is 105 Å². The molecular weight excluding hydrogens is 232 g/mol.